The zero-order chi connectivity index (χ0) is 13.0. The average molecular weight is 272 g/mol. The van der Waals surface area contributed by atoms with Gasteiger partial charge in [-0.3, -0.25) is 0 Å². The number of nitrogens with one attached hydrogen (secondary N) is 1. The van der Waals surface area contributed by atoms with Crippen LogP contribution in [-0.2, 0) is 11.2 Å². The monoisotopic (exact) mass is 271 g/mol. The zero-order valence-electron chi connectivity index (χ0n) is 10.6. The Kier molecular flexibility index (Phi) is 4.98. The maximum absolute atomic E-state index is 13.8. The third-order valence-corrected chi connectivity index (χ3v) is 4.05. The quantitative estimate of drug-likeness (QED) is 0.909. The van der Waals surface area contributed by atoms with E-state index in [9.17, 15) is 4.39 Å². The van der Waals surface area contributed by atoms with E-state index in [1.165, 1.54) is 6.07 Å². The van der Waals surface area contributed by atoms with Crippen molar-refractivity contribution in [3.05, 3.63) is 34.6 Å². The maximum Gasteiger partial charge on any atom is 0.127 e. The molecule has 0 amide bonds. The van der Waals surface area contributed by atoms with Gasteiger partial charge in [0, 0.05) is 29.8 Å². The van der Waals surface area contributed by atoms with Crippen molar-refractivity contribution in [2.75, 3.05) is 20.3 Å². The van der Waals surface area contributed by atoms with Crippen molar-refractivity contribution in [1.82, 2.24) is 5.32 Å². The Morgan fingerprint density at radius 3 is 2.78 bits per heavy atom. The summed E-state index contributed by atoms with van der Waals surface area (Å²) in [6.45, 7) is 1.60. The predicted octanol–water partition coefficient (Wildman–Crippen LogP) is 3.04. The van der Waals surface area contributed by atoms with E-state index in [1.807, 2.05) is 7.05 Å². The Labute approximate surface area is 112 Å². The van der Waals surface area contributed by atoms with Crippen LogP contribution in [0.2, 0.25) is 5.02 Å². The lowest BCUT2D eigenvalue weighted by molar-refractivity contribution is 0.0547. The van der Waals surface area contributed by atoms with Gasteiger partial charge in [-0.25, -0.2) is 4.39 Å². The molecule has 0 bridgehead atoms. The number of hydrogen-bond donors (Lipinski definition) is 1. The lowest BCUT2D eigenvalue weighted by Gasteiger charge is -2.30. The van der Waals surface area contributed by atoms with Crippen LogP contribution in [0.15, 0.2) is 18.2 Å². The van der Waals surface area contributed by atoms with Gasteiger partial charge < -0.3 is 10.1 Å². The van der Waals surface area contributed by atoms with Crippen LogP contribution in [0.5, 0.6) is 0 Å². The van der Waals surface area contributed by atoms with Crippen molar-refractivity contribution < 1.29 is 9.13 Å². The molecule has 1 saturated heterocycles. The summed E-state index contributed by atoms with van der Waals surface area (Å²) in [5.41, 5.74) is 0.616. The fraction of sp³-hybridized carbons (Fsp3) is 0.571. The van der Waals surface area contributed by atoms with Gasteiger partial charge in [-0.05, 0) is 44.4 Å². The zero-order valence-corrected chi connectivity index (χ0v) is 11.3. The molecule has 1 heterocycles. The molecule has 0 aliphatic carbocycles. The van der Waals surface area contributed by atoms with E-state index in [0.717, 1.165) is 26.1 Å². The van der Waals surface area contributed by atoms with Crippen LogP contribution in [0.1, 0.15) is 18.4 Å². The summed E-state index contributed by atoms with van der Waals surface area (Å²) in [4.78, 5) is 0. The number of halogens is 2. The molecule has 0 saturated carbocycles. The van der Waals surface area contributed by atoms with E-state index in [-0.39, 0.29) is 11.9 Å². The van der Waals surface area contributed by atoms with Crippen LogP contribution in [0.3, 0.4) is 0 Å². The van der Waals surface area contributed by atoms with Crippen molar-refractivity contribution in [2.45, 2.75) is 25.3 Å². The van der Waals surface area contributed by atoms with Crippen molar-refractivity contribution in [1.29, 1.82) is 0 Å². The summed E-state index contributed by atoms with van der Waals surface area (Å²) in [5, 5.41) is 3.81. The Bertz CT molecular complexity index is 373. The smallest absolute Gasteiger partial charge is 0.127 e. The molecule has 1 aliphatic heterocycles. The number of rotatable bonds is 4. The fourth-order valence-corrected chi connectivity index (χ4v) is 2.81. The number of likely N-dealkylation sites (N-methyl/N-ethyl adjacent to an activating group) is 1. The lowest BCUT2D eigenvalue weighted by Crippen LogP contribution is -2.38. The van der Waals surface area contributed by atoms with Gasteiger partial charge in [0.05, 0.1) is 0 Å². The lowest BCUT2D eigenvalue weighted by atomic mass is 9.87. The molecule has 0 spiro atoms. The van der Waals surface area contributed by atoms with Gasteiger partial charge in [-0.2, -0.15) is 0 Å². The molecule has 1 atom stereocenters. The first kappa shape index (κ1) is 13.8. The minimum absolute atomic E-state index is 0.213. The first-order valence-corrected chi connectivity index (χ1v) is 6.78. The molecular weight excluding hydrogens is 253 g/mol. The van der Waals surface area contributed by atoms with Crippen LogP contribution in [0, 0.1) is 11.7 Å². The molecule has 1 fully saturated rings. The van der Waals surface area contributed by atoms with Crippen LogP contribution in [0.4, 0.5) is 4.39 Å². The summed E-state index contributed by atoms with van der Waals surface area (Å²) in [6.07, 6.45) is 2.68. The standard InChI is InChI=1S/C14H19ClFNO/c1-17-14(10-5-7-18-8-6-10)9-11-12(15)3-2-4-13(11)16/h2-4,10,14,17H,5-9H2,1H3. The molecule has 1 N–H and O–H groups in total. The van der Waals surface area contributed by atoms with Crippen LogP contribution < -0.4 is 5.32 Å². The van der Waals surface area contributed by atoms with E-state index in [4.69, 9.17) is 16.3 Å². The molecule has 100 valence electrons. The summed E-state index contributed by atoms with van der Waals surface area (Å²) >= 11 is 6.08. The van der Waals surface area contributed by atoms with Gasteiger partial charge >= 0.3 is 0 Å². The molecule has 1 aliphatic rings. The number of hydrogen-bond acceptors (Lipinski definition) is 2. The van der Waals surface area contributed by atoms with E-state index in [0.29, 0.717) is 22.9 Å². The van der Waals surface area contributed by atoms with Gasteiger partial charge in [0.15, 0.2) is 0 Å². The van der Waals surface area contributed by atoms with E-state index >= 15 is 0 Å². The Morgan fingerprint density at radius 2 is 2.17 bits per heavy atom. The van der Waals surface area contributed by atoms with E-state index < -0.39 is 0 Å². The minimum atomic E-state index is -0.213. The molecule has 1 aromatic rings. The van der Waals surface area contributed by atoms with Crippen LogP contribution in [-0.4, -0.2) is 26.3 Å². The van der Waals surface area contributed by atoms with Crippen molar-refractivity contribution >= 4 is 11.6 Å². The Balaban J connectivity index is 2.09. The topological polar surface area (TPSA) is 21.3 Å². The van der Waals surface area contributed by atoms with Crippen LogP contribution >= 0.6 is 11.6 Å². The number of ether oxygens (including phenoxy) is 1. The predicted molar refractivity (Wildman–Crippen MR) is 71.5 cm³/mol. The van der Waals surface area contributed by atoms with Crippen molar-refractivity contribution in [3.63, 3.8) is 0 Å². The molecule has 1 aromatic carbocycles. The van der Waals surface area contributed by atoms with Gasteiger partial charge in [0.2, 0.25) is 0 Å². The summed E-state index contributed by atoms with van der Waals surface area (Å²) in [7, 11) is 1.93. The molecule has 1 unspecified atom stereocenters. The highest BCUT2D eigenvalue weighted by Gasteiger charge is 2.24. The Hall–Kier alpha value is -0.640. The molecular formula is C14H19ClFNO. The highest BCUT2D eigenvalue weighted by Crippen LogP contribution is 2.26. The van der Waals surface area contributed by atoms with Crippen molar-refractivity contribution in [3.8, 4) is 0 Å². The first-order chi connectivity index (χ1) is 8.72. The third kappa shape index (κ3) is 3.22. The van der Waals surface area contributed by atoms with E-state index in [2.05, 4.69) is 5.32 Å². The molecule has 2 nitrogen and oxygen atoms in total. The highest BCUT2D eigenvalue weighted by atomic mass is 35.5. The molecule has 18 heavy (non-hydrogen) atoms. The largest absolute Gasteiger partial charge is 0.381 e. The van der Waals surface area contributed by atoms with E-state index in [1.54, 1.807) is 12.1 Å². The van der Waals surface area contributed by atoms with Crippen LogP contribution in [0.25, 0.3) is 0 Å². The Morgan fingerprint density at radius 1 is 1.44 bits per heavy atom. The molecule has 0 aromatic heterocycles. The summed E-state index contributed by atoms with van der Waals surface area (Å²) in [5.74, 6) is 0.314. The first-order valence-electron chi connectivity index (χ1n) is 6.40. The van der Waals surface area contributed by atoms with Gasteiger partial charge in [0.25, 0.3) is 0 Å². The van der Waals surface area contributed by atoms with Gasteiger partial charge in [0.1, 0.15) is 5.82 Å². The molecule has 4 heteroatoms. The van der Waals surface area contributed by atoms with Gasteiger partial charge in [-0.1, -0.05) is 17.7 Å². The number of benzene rings is 1. The second-order valence-corrected chi connectivity index (χ2v) is 5.16. The second kappa shape index (κ2) is 6.50. The summed E-state index contributed by atoms with van der Waals surface area (Å²) < 4.78 is 19.1. The van der Waals surface area contributed by atoms with Crippen molar-refractivity contribution in [2.24, 2.45) is 5.92 Å². The summed E-state index contributed by atoms with van der Waals surface area (Å²) in [6, 6.07) is 5.11. The second-order valence-electron chi connectivity index (χ2n) is 4.75. The maximum atomic E-state index is 13.8. The SMILES string of the molecule is CNC(Cc1c(F)cccc1Cl)C1CCOCC1. The third-order valence-electron chi connectivity index (χ3n) is 3.69. The molecule has 2 rings (SSSR count). The minimum Gasteiger partial charge on any atom is -0.381 e. The average Bonchev–Trinajstić information content (AvgIpc) is 2.40. The fourth-order valence-electron chi connectivity index (χ4n) is 2.57. The normalized spacial score (nSPS) is 18.8. The highest BCUT2D eigenvalue weighted by molar-refractivity contribution is 6.31. The van der Waals surface area contributed by atoms with Gasteiger partial charge in [-0.15, -0.1) is 0 Å². The molecule has 0 radical (unpaired) electrons.